The number of nitrogen functional groups attached to an aromatic ring is 2. The number of nitrogens with two attached hydrogens (primary N) is 2. The van der Waals surface area contributed by atoms with Crippen LogP contribution in [-0.4, -0.2) is 17.1 Å². The van der Waals surface area contributed by atoms with Crippen molar-refractivity contribution in [3.05, 3.63) is 42.5 Å². The fourth-order valence-corrected chi connectivity index (χ4v) is 2.05. The van der Waals surface area contributed by atoms with E-state index in [1.165, 1.54) is 0 Å². The third kappa shape index (κ3) is 2.51. The van der Waals surface area contributed by atoms with Gasteiger partial charge in [0, 0.05) is 0 Å². The molecule has 4 N–H and O–H groups in total. The minimum Gasteiger partial charge on any atom is -0.497 e. The Bertz CT molecular complexity index is 788. The molecule has 0 atom stereocenters. The van der Waals surface area contributed by atoms with Crippen LogP contribution >= 0.6 is 0 Å². The van der Waals surface area contributed by atoms with Crippen LogP contribution in [0.3, 0.4) is 0 Å². The number of benzene rings is 2. The van der Waals surface area contributed by atoms with Crippen molar-refractivity contribution in [2.75, 3.05) is 18.6 Å². The van der Waals surface area contributed by atoms with Gasteiger partial charge in [0.15, 0.2) is 0 Å². The maximum atomic E-state index is 5.93. The number of hydrogen-bond donors (Lipinski definition) is 2. The zero-order valence-corrected chi connectivity index (χ0v) is 11.4. The SMILES string of the molecule is COc1ccc(Oc2cccc3nc(N)nc(N)c23)cc1. The maximum Gasteiger partial charge on any atom is 0.222 e. The zero-order chi connectivity index (χ0) is 14.8. The van der Waals surface area contributed by atoms with Crippen molar-refractivity contribution < 1.29 is 9.47 Å². The Kier molecular flexibility index (Phi) is 3.19. The number of methoxy groups -OCH3 is 1. The second kappa shape index (κ2) is 5.16. The monoisotopic (exact) mass is 282 g/mol. The Labute approximate surface area is 121 Å². The van der Waals surface area contributed by atoms with Gasteiger partial charge in [-0.1, -0.05) is 6.07 Å². The molecule has 0 aliphatic carbocycles. The second-order valence-electron chi connectivity index (χ2n) is 4.39. The third-order valence-corrected chi connectivity index (χ3v) is 3.02. The molecule has 0 saturated carbocycles. The van der Waals surface area contributed by atoms with Crippen LogP contribution < -0.4 is 20.9 Å². The fourth-order valence-electron chi connectivity index (χ4n) is 2.05. The Morgan fingerprint density at radius 2 is 1.62 bits per heavy atom. The number of ether oxygens (including phenoxy) is 2. The van der Waals surface area contributed by atoms with Gasteiger partial charge in [0.05, 0.1) is 18.0 Å². The molecule has 0 amide bonds. The van der Waals surface area contributed by atoms with E-state index in [1.807, 2.05) is 42.5 Å². The van der Waals surface area contributed by atoms with Crippen LogP contribution in [0.5, 0.6) is 17.2 Å². The summed E-state index contributed by atoms with van der Waals surface area (Å²) >= 11 is 0. The van der Waals surface area contributed by atoms with Crippen molar-refractivity contribution in [1.29, 1.82) is 0 Å². The lowest BCUT2D eigenvalue weighted by Crippen LogP contribution is -2.01. The molecule has 106 valence electrons. The lowest BCUT2D eigenvalue weighted by Gasteiger charge is -2.10. The molecule has 0 unspecified atom stereocenters. The molecule has 0 radical (unpaired) electrons. The highest BCUT2D eigenvalue weighted by molar-refractivity contribution is 5.94. The van der Waals surface area contributed by atoms with Gasteiger partial charge in [0.2, 0.25) is 5.95 Å². The van der Waals surface area contributed by atoms with Gasteiger partial charge in [0.25, 0.3) is 0 Å². The van der Waals surface area contributed by atoms with E-state index in [9.17, 15) is 0 Å². The van der Waals surface area contributed by atoms with Crippen LogP contribution in [0, 0.1) is 0 Å². The summed E-state index contributed by atoms with van der Waals surface area (Å²) < 4.78 is 11.0. The van der Waals surface area contributed by atoms with Gasteiger partial charge in [-0.3, -0.25) is 0 Å². The van der Waals surface area contributed by atoms with Gasteiger partial charge in [-0.15, -0.1) is 0 Å². The molecule has 0 spiro atoms. The van der Waals surface area contributed by atoms with Crippen molar-refractivity contribution in [3.63, 3.8) is 0 Å². The molecule has 6 heteroatoms. The highest BCUT2D eigenvalue weighted by atomic mass is 16.5. The van der Waals surface area contributed by atoms with Crippen molar-refractivity contribution in [1.82, 2.24) is 9.97 Å². The van der Waals surface area contributed by atoms with Crippen LogP contribution in [0.4, 0.5) is 11.8 Å². The smallest absolute Gasteiger partial charge is 0.222 e. The highest BCUT2D eigenvalue weighted by Gasteiger charge is 2.10. The van der Waals surface area contributed by atoms with Gasteiger partial charge in [-0.25, -0.2) is 4.98 Å². The van der Waals surface area contributed by atoms with Crippen LogP contribution in [-0.2, 0) is 0 Å². The minimum atomic E-state index is 0.140. The Morgan fingerprint density at radius 3 is 2.33 bits per heavy atom. The average molecular weight is 282 g/mol. The number of nitrogens with zero attached hydrogens (tertiary/aromatic N) is 2. The summed E-state index contributed by atoms with van der Waals surface area (Å²) in [5.74, 6) is 2.44. The first-order chi connectivity index (χ1) is 10.2. The Morgan fingerprint density at radius 1 is 0.905 bits per heavy atom. The molecule has 0 bridgehead atoms. The summed E-state index contributed by atoms with van der Waals surface area (Å²) in [6.45, 7) is 0. The van der Waals surface area contributed by atoms with Crippen molar-refractivity contribution in [2.24, 2.45) is 0 Å². The highest BCUT2D eigenvalue weighted by Crippen LogP contribution is 2.33. The zero-order valence-electron chi connectivity index (χ0n) is 11.4. The van der Waals surface area contributed by atoms with E-state index in [2.05, 4.69) is 9.97 Å². The van der Waals surface area contributed by atoms with E-state index in [1.54, 1.807) is 7.11 Å². The lowest BCUT2D eigenvalue weighted by atomic mass is 10.2. The number of aromatic nitrogens is 2. The van der Waals surface area contributed by atoms with Crippen molar-refractivity contribution in [2.45, 2.75) is 0 Å². The van der Waals surface area contributed by atoms with Crippen LogP contribution in [0.2, 0.25) is 0 Å². The molecule has 0 saturated heterocycles. The molecule has 6 nitrogen and oxygen atoms in total. The lowest BCUT2D eigenvalue weighted by molar-refractivity contribution is 0.413. The molecule has 0 fully saturated rings. The van der Waals surface area contributed by atoms with E-state index < -0.39 is 0 Å². The summed E-state index contributed by atoms with van der Waals surface area (Å²) in [6.07, 6.45) is 0. The predicted molar refractivity (Wildman–Crippen MR) is 81.4 cm³/mol. The Hall–Kier alpha value is -3.02. The van der Waals surface area contributed by atoms with Gasteiger partial charge in [-0.05, 0) is 36.4 Å². The van der Waals surface area contributed by atoms with E-state index in [0.717, 1.165) is 5.75 Å². The molecule has 0 aliphatic rings. The van der Waals surface area contributed by atoms with Gasteiger partial charge < -0.3 is 20.9 Å². The molecular weight excluding hydrogens is 268 g/mol. The number of rotatable bonds is 3. The van der Waals surface area contributed by atoms with E-state index >= 15 is 0 Å². The molecular formula is C15H14N4O2. The molecule has 3 rings (SSSR count). The largest absolute Gasteiger partial charge is 0.497 e. The fraction of sp³-hybridized carbons (Fsp3) is 0.0667. The third-order valence-electron chi connectivity index (χ3n) is 3.02. The van der Waals surface area contributed by atoms with Crippen molar-refractivity contribution in [3.8, 4) is 17.2 Å². The molecule has 3 aromatic rings. The minimum absolute atomic E-state index is 0.140. The van der Waals surface area contributed by atoms with Gasteiger partial charge in [0.1, 0.15) is 23.1 Å². The normalized spacial score (nSPS) is 10.5. The second-order valence-corrected chi connectivity index (χ2v) is 4.39. The van der Waals surface area contributed by atoms with Crippen LogP contribution in [0.1, 0.15) is 0 Å². The summed E-state index contributed by atoms with van der Waals surface area (Å²) in [6, 6.07) is 12.7. The van der Waals surface area contributed by atoms with Crippen LogP contribution in [0.25, 0.3) is 10.9 Å². The standard InChI is InChI=1S/C15H14N4O2/c1-20-9-5-7-10(8-6-9)21-12-4-2-3-11-13(12)14(16)19-15(17)18-11/h2-8H,1H3,(H4,16,17,18,19). The van der Waals surface area contributed by atoms with Gasteiger partial charge >= 0.3 is 0 Å². The Balaban J connectivity index is 2.03. The summed E-state index contributed by atoms with van der Waals surface area (Å²) in [5, 5.41) is 0.641. The first-order valence-corrected chi connectivity index (χ1v) is 6.31. The summed E-state index contributed by atoms with van der Waals surface area (Å²) in [4.78, 5) is 8.13. The van der Waals surface area contributed by atoms with Crippen molar-refractivity contribution >= 4 is 22.7 Å². The maximum absolute atomic E-state index is 5.93. The molecule has 2 aromatic carbocycles. The summed E-state index contributed by atoms with van der Waals surface area (Å²) in [5.41, 5.74) is 12.2. The first-order valence-electron chi connectivity index (χ1n) is 6.31. The van der Waals surface area contributed by atoms with Gasteiger partial charge in [-0.2, -0.15) is 4.98 Å². The predicted octanol–water partition coefficient (Wildman–Crippen LogP) is 2.60. The first kappa shape index (κ1) is 13.0. The topological polar surface area (TPSA) is 96.3 Å². The average Bonchev–Trinajstić information content (AvgIpc) is 2.47. The van der Waals surface area contributed by atoms with Crippen LogP contribution in [0.15, 0.2) is 42.5 Å². The number of fused-ring (bicyclic) bond motifs is 1. The molecule has 0 aliphatic heterocycles. The van der Waals surface area contributed by atoms with E-state index in [4.69, 9.17) is 20.9 Å². The van der Waals surface area contributed by atoms with E-state index in [0.29, 0.717) is 28.2 Å². The quantitative estimate of drug-likeness (QED) is 0.766. The summed E-state index contributed by atoms with van der Waals surface area (Å²) in [7, 11) is 1.61. The molecule has 1 aromatic heterocycles. The number of anilines is 2. The number of hydrogen-bond acceptors (Lipinski definition) is 6. The molecule has 21 heavy (non-hydrogen) atoms. The van der Waals surface area contributed by atoms with E-state index in [-0.39, 0.29) is 5.95 Å². The molecule has 1 heterocycles.